The molecule has 3 nitrogen and oxygen atoms in total. The highest BCUT2D eigenvalue weighted by Gasteiger charge is 2.25. The summed E-state index contributed by atoms with van der Waals surface area (Å²) in [6.45, 7) is 0. The van der Waals surface area contributed by atoms with Crippen LogP contribution in [0.2, 0.25) is 0 Å². The van der Waals surface area contributed by atoms with Crippen LogP contribution in [0.4, 0.5) is 5.69 Å². The molecule has 0 saturated heterocycles. The van der Waals surface area contributed by atoms with Gasteiger partial charge in [0.15, 0.2) is 0 Å². The number of nitrogen functional groups attached to an aromatic ring is 1. The maximum atomic E-state index is 12.1. The Kier molecular flexibility index (Phi) is 4.56. The third-order valence-corrected chi connectivity index (χ3v) is 5.10. The molecule has 0 bridgehead atoms. The molecule has 0 spiro atoms. The minimum atomic E-state index is -0.0116. The SMILES string of the molecule is CSC1CCC(NC(=O)c2ccc(N)c(Br)c2)C1. The summed E-state index contributed by atoms with van der Waals surface area (Å²) in [4.78, 5) is 12.1. The zero-order valence-electron chi connectivity index (χ0n) is 10.3. The van der Waals surface area contributed by atoms with Gasteiger partial charge < -0.3 is 11.1 Å². The van der Waals surface area contributed by atoms with Crippen molar-refractivity contribution in [3.63, 3.8) is 0 Å². The van der Waals surface area contributed by atoms with E-state index in [9.17, 15) is 4.79 Å². The molecule has 98 valence electrons. The quantitative estimate of drug-likeness (QED) is 0.838. The Bertz CT molecular complexity index is 453. The van der Waals surface area contributed by atoms with Gasteiger partial charge in [0, 0.05) is 27.0 Å². The van der Waals surface area contributed by atoms with Crippen LogP contribution in [0, 0.1) is 0 Å². The number of amides is 1. The first kappa shape index (κ1) is 13.7. The lowest BCUT2D eigenvalue weighted by Gasteiger charge is -2.13. The number of halogens is 1. The van der Waals surface area contributed by atoms with Crippen LogP contribution in [-0.4, -0.2) is 23.5 Å². The van der Waals surface area contributed by atoms with E-state index >= 15 is 0 Å². The van der Waals surface area contributed by atoms with E-state index in [1.807, 2.05) is 11.8 Å². The molecule has 1 aromatic rings. The Morgan fingerprint density at radius 2 is 2.28 bits per heavy atom. The Morgan fingerprint density at radius 3 is 2.89 bits per heavy atom. The molecule has 0 heterocycles. The standard InChI is InChI=1S/C13H17BrN2OS/c1-18-10-4-3-9(7-10)16-13(17)8-2-5-12(15)11(14)6-8/h2,5-6,9-10H,3-4,7,15H2,1H3,(H,16,17). The molecular weight excluding hydrogens is 312 g/mol. The highest BCUT2D eigenvalue weighted by Crippen LogP contribution is 2.28. The lowest BCUT2D eigenvalue weighted by molar-refractivity contribution is 0.0938. The highest BCUT2D eigenvalue weighted by atomic mass is 79.9. The van der Waals surface area contributed by atoms with E-state index in [1.54, 1.807) is 18.2 Å². The van der Waals surface area contributed by atoms with Crippen molar-refractivity contribution in [2.75, 3.05) is 12.0 Å². The van der Waals surface area contributed by atoms with Crippen molar-refractivity contribution in [2.45, 2.75) is 30.6 Å². The van der Waals surface area contributed by atoms with Crippen molar-refractivity contribution in [3.05, 3.63) is 28.2 Å². The molecule has 0 aliphatic heterocycles. The molecular formula is C13H17BrN2OS. The molecule has 2 atom stereocenters. The van der Waals surface area contributed by atoms with Crippen LogP contribution in [-0.2, 0) is 0 Å². The fraction of sp³-hybridized carbons (Fsp3) is 0.462. The highest BCUT2D eigenvalue weighted by molar-refractivity contribution is 9.10. The molecule has 18 heavy (non-hydrogen) atoms. The summed E-state index contributed by atoms with van der Waals surface area (Å²) in [5.74, 6) is -0.0116. The van der Waals surface area contributed by atoms with Crippen LogP contribution in [0.3, 0.4) is 0 Å². The maximum absolute atomic E-state index is 12.1. The molecule has 2 rings (SSSR count). The van der Waals surface area contributed by atoms with Gasteiger partial charge in [0.05, 0.1) is 0 Å². The van der Waals surface area contributed by atoms with Gasteiger partial charge in [-0.05, 0) is 59.6 Å². The molecule has 2 unspecified atom stereocenters. The van der Waals surface area contributed by atoms with Gasteiger partial charge in [-0.15, -0.1) is 0 Å². The molecule has 1 amide bonds. The van der Waals surface area contributed by atoms with Gasteiger partial charge in [-0.2, -0.15) is 11.8 Å². The van der Waals surface area contributed by atoms with E-state index < -0.39 is 0 Å². The van der Waals surface area contributed by atoms with E-state index in [4.69, 9.17) is 5.73 Å². The fourth-order valence-corrected chi connectivity index (χ4v) is 3.40. The fourth-order valence-electron chi connectivity index (χ4n) is 2.22. The first-order valence-corrected chi connectivity index (χ1v) is 8.07. The third kappa shape index (κ3) is 3.20. The van der Waals surface area contributed by atoms with Crippen molar-refractivity contribution in [1.82, 2.24) is 5.32 Å². The minimum Gasteiger partial charge on any atom is -0.398 e. The summed E-state index contributed by atoms with van der Waals surface area (Å²) in [7, 11) is 0. The van der Waals surface area contributed by atoms with Crippen molar-refractivity contribution in [1.29, 1.82) is 0 Å². The second kappa shape index (κ2) is 5.97. The number of thioether (sulfide) groups is 1. The molecule has 1 saturated carbocycles. The first-order chi connectivity index (χ1) is 8.60. The summed E-state index contributed by atoms with van der Waals surface area (Å²) in [5.41, 5.74) is 7.01. The summed E-state index contributed by atoms with van der Waals surface area (Å²) in [5, 5.41) is 3.78. The largest absolute Gasteiger partial charge is 0.398 e. The summed E-state index contributed by atoms with van der Waals surface area (Å²) in [6, 6.07) is 5.59. The average Bonchev–Trinajstić information content (AvgIpc) is 2.80. The zero-order valence-corrected chi connectivity index (χ0v) is 12.7. The van der Waals surface area contributed by atoms with E-state index in [0.29, 0.717) is 22.5 Å². The second-order valence-corrected chi connectivity index (χ2v) is 6.57. The van der Waals surface area contributed by atoms with E-state index in [0.717, 1.165) is 17.3 Å². The van der Waals surface area contributed by atoms with Crippen LogP contribution in [0.15, 0.2) is 22.7 Å². The number of anilines is 1. The molecule has 1 fully saturated rings. The Hall–Kier alpha value is -0.680. The number of benzene rings is 1. The number of hydrogen-bond donors (Lipinski definition) is 2. The van der Waals surface area contributed by atoms with E-state index in [2.05, 4.69) is 27.5 Å². The Balaban J connectivity index is 1.97. The molecule has 5 heteroatoms. The minimum absolute atomic E-state index is 0.0116. The van der Waals surface area contributed by atoms with Gasteiger partial charge in [0.25, 0.3) is 5.91 Å². The molecule has 0 radical (unpaired) electrons. The van der Waals surface area contributed by atoms with Crippen molar-refractivity contribution in [3.8, 4) is 0 Å². The maximum Gasteiger partial charge on any atom is 0.251 e. The summed E-state index contributed by atoms with van der Waals surface area (Å²) >= 11 is 5.23. The molecule has 3 N–H and O–H groups in total. The predicted octanol–water partition coefficient (Wildman–Crippen LogP) is 3.05. The van der Waals surface area contributed by atoms with E-state index in [-0.39, 0.29) is 5.91 Å². The van der Waals surface area contributed by atoms with Crippen LogP contribution < -0.4 is 11.1 Å². The number of nitrogens with two attached hydrogens (primary N) is 1. The predicted molar refractivity (Wildman–Crippen MR) is 81.0 cm³/mol. The molecule has 1 aliphatic carbocycles. The smallest absolute Gasteiger partial charge is 0.251 e. The lowest BCUT2D eigenvalue weighted by Crippen LogP contribution is -2.33. The molecule has 1 aromatic carbocycles. The van der Waals surface area contributed by atoms with Gasteiger partial charge in [0.2, 0.25) is 0 Å². The Labute approximate surface area is 120 Å². The number of nitrogens with one attached hydrogen (secondary N) is 1. The average molecular weight is 329 g/mol. The van der Waals surface area contributed by atoms with E-state index in [1.165, 1.54) is 6.42 Å². The normalized spacial score (nSPS) is 23.0. The lowest BCUT2D eigenvalue weighted by atomic mass is 10.1. The van der Waals surface area contributed by atoms with Gasteiger partial charge in [-0.25, -0.2) is 0 Å². The molecule has 0 aromatic heterocycles. The topological polar surface area (TPSA) is 55.1 Å². The first-order valence-electron chi connectivity index (χ1n) is 5.99. The van der Waals surface area contributed by atoms with Crippen LogP contribution in [0.25, 0.3) is 0 Å². The Morgan fingerprint density at radius 1 is 1.50 bits per heavy atom. The number of hydrogen-bond acceptors (Lipinski definition) is 3. The number of carbonyl (C=O) groups is 1. The summed E-state index contributed by atoms with van der Waals surface area (Å²) in [6.07, 6.45) is 5.47. The summed E-state index contributed by atoms with van der Waals surface area (Å²) < 4.78 is 0.767. The number of rotatable bonds is 3. The van der Waals surface area contributed by atoms with Crippen molar-refractivity contribution < 1.29 is 4.79 Å². The number of carbonyl (C=O) groups excluding carboxylic acids is 1. The molecule has 1 aliphatic rings. The van der Waals surface area contributed by atoms with Crippen molar-refractivity contribution >= 4 is 39.3 Å². The van der Waals surface area contributed by atoms with Gasteiger partial charge in [-0.1, -0.05) is 0 Å². The van der Waals surface area contributed by atoms with Gasteiger partial charge in [-0.3, -0.25) is 4.79 Å². The monoisotopic (exact) mass is 328 g/mol. The van der Waals surface area contributed by atoms with Gasteiger partial charge >= 0.3 is 0 Å². The van der Waals surface area contributed by atoms with Crippen LogP contribution in [0.5, 0.6) is 0 Å². The van der Waals surface area contributed by atoms with Gasteiger partial charge in [0.1, 0.15) is 0 Å². The van der Waals surface area contributed by atoms with Crippen LogP contribution >= 0.6 is 27.7 Å². The third-order valence-electron chi connectivity index (χ3n) is 3.32. The zero-order chi connectivity index (χ0) is 13.1. The second-order valence-electron chi connectivity index (χ2n) is 4.58. The van der Waals surface area contributed by atoms with Crippen LogP contribution in [0.1, 0.15) is 29.6 Å². The van der Waals surface area contributed by atoms with Crippen molar-refractivity contribution in [2.24, 2.45) is 0 Å².